The molecule has 3 aromatic rings. The summed E-state index contributed by atoms with van der Waals surface area (Å²) in [5, 5.41) is 46.1. The highest BCUT2D eigenvalue weighted by molar-refractivity contribution is 5.89. The lowest BCUT2D eigenvalue weighted by molar-refractivity contribution is -0.384. The van der Waals surface area contributed by atoms with Gasteiger partial charge in [0.2, 0.25) is 0 Å². The van der Waals surface area contributed by atoms with Crippen LogP contribution in [-0.2, 0) is 0 Å². The Morgan fingerprint density at radius 3 is 1.52 bits per heavy atom. The van der Waals surface area contributed by atoms with Gasteiger partial charge >= 0.3 is 0 Å². The van der Waals surface area contributed by atoms with E-state index >= 15 is 0 Å². The minimum absolute atomic E-state index is 0.0691. The van der Waals surface area contributed by atoms with Crippen molar-refractivity contribution in [2.45, 2.75) is 0 Å². The molecule has 9 heteroatoms. The van der Waals surface area contributed by atoms with Crippen LogP contribution in [0.25, 0.3) is 0 Å². The highest BCUT2D eigenvalue weighted by Crippen LogP contribution is 2.16. The van der Waals surface area contributed by atoms with Crippen molar-refractivity contribution < 1.29 is 15.1 Å². The van der Waals surface area contributed by atoms with Gasteiger partial charge in [-0.2, -0.15) is 20.4 Å². The van der Waals surface area contributed by atoms with Crippen LogP contribution in [0.5, 0.6) is 11.5 Å². The topological polar surface area (TPSA) is 133 Å². The molecular weight excluding hydrogens is 398 g/mol. The van der Waals surface area contributed by atoms with Gasteiger partial charge in [-0.3, -0.25) is 10.1 Å². The van der Waals surface area contributed by atoms with Crippen molar-refractivity contribution in [3.05, 3.63) is 99.1 Å². The Labute approximate surface area is 177 Å². The van der Waals surface area contributed by atoms with E-state index in [1.165, 1.54) is 49.1 Å². The van der Waals surface area contributed by atoms with Crippen LogP contribution in [0.4, 0.5) is 5.69 Å². The molecule has 0 amide bonds. The number of nitro groups is 1. The molecular formula is C22H17N5O4. The van der Waals surface area contributed by atoms with Crippen LogP contribution < -0.4 is 0 Å². The standard InChI is InChI=1S/C22H17N5O4/c28-21-7-3-1-5-18(21)14-25-23-12-16-9-17(11-20(10-16)27(30)31)13-24-26-15-19-6-2-4-8-22(19)29/h1-15,28-29H/b23-12+,24-13+,25-14+,26-15+. The molecule has 31 heavy (non-hydrogen) atoms. The van der Waals surface area contributed by atoms with Crippen LogP contribution in [-0.4, -0.2) is 40.0 Å². The Morgan fingerprint density at radius 1 is 0.677 bits per heavy atom. The van der Waals surface area contributed by atoms with Gasteiger partial charge in [0.25, 0.3) is 5.69 Å². The Bertz CT molecular complexity index is 1120. The monoisotopic (exact) mass is 415 g/mol. The average molecular weight is 415 g/mol. The first-order chi connectivity index (χ1) is 15.0. The van der Waals surface area contributed by atoms with E-state index in [1.54, 1.807) is 42.5 Å². The van der Waals surface area contributed by atoms with Crippen LogP contribution in [0.1, 0.15) is 22.3 Å². The van der Waals surface area contributed by atoms with Gasteiger partial charge in [-0.15, -0.1) is 0 Å². The highest BCUT2D eigenvalue weighted by atomic mass is 16.6. The predicted molar refractivity (Wildman–Crippen MR) is 120 cm³/mol. The molecule has 0 unspecified atom stereocenters. The third-order valence-corrected chi connectivity index (χ3v) is 3.99. The summed E-state index contributed by atoms with van der Waals surface area (Å²) in [6.45, 7) is 0. The van der Waals surface area contributed by atoms with E-state index in [4.69, 9.17) is 0 Å². The first-order valence-corrected chi connectivity index (χ1v) is 9.01. The van der Waals surface area contributed by atoms with Gasteiger partial charge in [-0.25, -0.2) is 0 Å². The number of non-ortho nitro benzene ring substituents is 1. The summed E-state index contributed by atoms with van der Waals surface area (Å²) in [6.07, 6.45) is 5.46. The van der Waals surface area contributed by atoms with E-state index in [0.29, 0.717) is 22.3 Å². The number of rotatable bonds is 7. The van der Waals surface area contributed by atoms with Gasteiger partial charge in [0.15, 0.2) is 0 Å². The fourth-order valence-corrected chi connectivity index (χ4v) is 2.50. The predicted octanol–water partition coefficient (Wildman–Crippen LogP) is 3.91. The normalized spacial score (nSPS) is 11.9. The lowest BCUT2D eigenvalue weighted by Crippen LogP contribution is -1.94. The van der Waals surface area contributed by atoms with Gasteiger partial charge < -0.3 is 10.2 Å². The molecule has 0 fully saturated rings. The first-order valence-electron chi connectivity index (χ1n) is 9.01. The van der Waals surface area contributed by atoms with Crippen LogP contribution in [0.2, 0.25) is 0 Å². The summed E-state index contributed by atoms with van der Waals surface area (Å²) in [5.74, 6) is 0.138. The van der Waals surface area contributed by atoms with E-state index in [2.05, 4.69) is 20.4 Å². The van der Waals surface area contributed by atoms with Gasteiger partial charge in [-0.1, -0.05) is 24.3 Å². The number of hydrogen-bond donors (Lipinski definition) is 2. The van der Waals surface area contributed by atoms with Crippen LogP contribution in [0.3, 0.4) is 0 Å². The van der Waals surface area contributed by atoms with Crippen LogP contribution >= 0.6 is 0 Å². The van der Waals surface area contributed by atoms with Gasteiger partial charge in [0.1, 0.15) is 11.5 Å². The molecule has 0 aromatic heterocycles. The second kappa shape index (κ2) is 10.2. The third-order valence-electron chi connectivity index (χ3n) is 3.99. The quantitative estimate of drug-likeness (QED) is 0.344. The molecule has 0 radical (unpaired) electrons. The van der Waals surface area contributed by atoms with Crippen molar-refractivity contribution in [2.24, 2.45) is 20.4 Å². The minimum Gasteiger partial charge on any atom is -0.507 e. The Morgan fingerprint density at radius 2 is 1.10 bits per heavy atom. The summed E-state index contributed by atoms with van der Waals surface area (Å²) in [5.41, 5.74) is 1.73. The van der Waals surface area contributed by atoms with Crippen molar-refractivity contribution in [3.8, 4) is 11.5 Å². The molecule has 3 aromatic carbocycles. The minimum atomic E-state index is -0.523. The van der Waals surface area contributed by atoms with Gasteiger partial charge in [0.05, 0.1) is 29.8 Å². The third kappa shape index (κ3) is 6.16. The molecule has 3 rings (SSSR count). The Balaban J connectivity index is 1.76. The zero-order chi connectivity index (χ0) is 22.1. The smallest absolute Gasteiger partial charge is 0.270 e. The maximum absolute atomic E-state index is 11.2. The molecule has 0 spiro atoms. The molecule has 0 aliphatic carbocycles. The molecule has 0 aliphatic heterocycles. The van der Waals surface area contributed by atoms with Crippen molar-refractivity contribution in [1.82, 2.24) is 0 Å². The summed E-state index contributed by atoms with van der Waals surface area (Å²) in [6, 6.07) is 17.6. The molecule has 154 valence electrons. The van der Waals surface area contributed by atoms with Crippen molar-refractivity contribution >= 4 is 30.5 Å². The SMILES string of the molecule is O=[N+]([O-])c1cc(/C=N/N=C/c2ccccc2O)cc(/C=N/N=C/c2ccccc2O)c1. The molecule has 2 N–H and O–H groups in total. The molecule has 0 saturated heterocycles. The molecule has 0 atom stereocenters. The number of hydrogen-bond acceptors (Lipinski definition) is 8. The molecule has 0 bridgehead atoms. The second-order valence-electron chi connectivity index (χ2n) is 6.21. The maximum Gasteiger partial charge on any atom is 0.270 e. The molecule has 0 aliphatic rings. The summed E-state index contributed by atoms with van der Waals surface area (Å²) < 4.78 is 0. The zero-order valence-corrected chi connectivity index (χ0v) is 16.1. The van der Waals surface area contributed by atoms with E-state index in [-0.39, 0.29) is 17.2 Å². The van der Waals surface area contributed by atoms with Crippen LogP contribution in [0.15, 0.2) is 87.1 Å². The van der Waals surface area contributed by atoms with Gasteiger partial charge in [-0.05, 0) is 30.3 Å². The molecule has 0 saturated carbocycles. The first kappa shape index (κ1) is 21.1. The second-order valence-corrected chi connectivity index (χ2v) is 6.21. The lowest BCUT2D eigenvalue weighted by Gasteiger charge is -1.98. The molecule has 9 nitrogen and oxygen atoms in total. The summed E-state index contributed by atoms with van der Waals surface area (Å²) >= 11 is 0. The van der Waals surface area contributed by atoms with E-state index in [9.17, 15) is 20.3 Å². The molecule has 0 heterocycles. The zero-order valence-electron chi connectivity index (χ0n) is 16.1. The number of para-hydroxylation sites is 2. The Kier molecular flexibility index (Phi) is 6.94. The number of nitrogens with zero attached hydrogens (tertiary/aromatic N) is 5. The summed E-state index contributed by atoms with van der Waals surface area (Å²) in [7, 11) is 0. The van der Waals surface area contributed by atoms with Crippen molar-refractivity contribution in [2.75, 3.05) is 0 Å². The number of nitro benzene ring substituents is 1. The number of aromatic hydroxyl groups is 2. The van der Waals surface area contributed by atoms with Gasteiger partial charge in [0, 0.05) is 34.4 Å². The van der Waals surface area contributed by atoms with Crippen molar-refractivity contribution in [1.29, 1.82) is 0 Å². The maximum atomic E-state index is 11.2. The number of benzene rings is 3. The largest absolute Gasteiger partial charge is 0.507 e. The fraction of sp³-hybridized carbons (Fsp3) is 0. The lowest BCUT2D eigenvalue weighted by atomic mass is 10.1. The Hall–Kier alpha value is -4.66. The summed E-state index contributed by atoms with van der Waals surface area (Å²) in [4.78, 5) is 10.7. The number of phenols is 2. The van der Waals surface area contributed by atoms with Crippen molar-refractivity contribution in [3.63, 3.8) is 0 Å². The van der Waals surface area contributed by atoms with E-state index < -0.39 is 4.92 Å². The number of phenolic OH excluding ortho intramolecular Hbond substituents is 2. The van der Waals surface area contributed by atoms with Crippen LogP contribution in [0, 0.1) is 10.1 Å². The highest BCUT2D eigenvalue weighted by Gasteiger charge is 2.08. The average Bonchev–Trinajstić information content (AvgIpc) is 2.76. The van der Waals surface area contributed by atoms with E-state index in [0.717, 1.165) is 0 Å². The van der Waals surface area contributed by atoms with E-state index in [1.807, 2.05) is 0 Å². The fourth-order valence-electron chi connectivity index (χ4n) is 2.50.